The summed E-state index contributed by atoms with van der Waals surface area (Å²) in [5.41, 5.74) is 0. The third kappa shape index (κ3) is 29.9. The average Bonchev–Trinajstić information content (AvgIpc) is 2.92. The first-order chi connectivity index (χ1) is 19.5. The second-order valence-electron chi connectivity index (χ2n) is 12.7. The van der Waals surface area contributed by atoms with E-state index in [1.165, 1.54) is 148 Å². The number of carbonyl (C=O) groups excluding carboxylic acids is 2. The van der Waals surface area contributed by atoms with Crippen LogP contribution in [0.4, 0.5) is 0 Å². The summed E-state index contributed by atoms with van der Waals surface area (Å²) < 4.78 is 10.7. The van der Waals surface area contributed by atoms with Gasteiger partial charge in [-0.05, 0) is 25.2 Å². The molecule has 238 valence electrons. The summed E-state index contributed by atoms with van der Waals surface area (Å²) in [6.45, 7) is 8.71. The number of ether oxygens (including phenoxy) is 2. The quantitative estimate of drug-likeness (QED) is 0.0618. The lowest BCUT2D eigenvalue weighted by Gasteiger charge is -2.16. The van der Waals surface area contributed by atoms with E-state index < -0.39 is 12.1 Å². The normalized spacial score (nSPS) is 12.1. The molecule has 0 aliphatic heterocycles. The van der Waals surface area contributed by atoms with Gasteiger partial charge in [0.15, 0.2) is 6.10 Å². The number of rotatable bonds is 31. The predicted octanol–water partition coefficient (Wildman–Crippen LogP) is 11.7. The second kappa shape index (κ2) is 30.9. The highest BCUT2D eigenvalue weighted by molar-refractivity contribution is 5.78. The lowest BCUT2D eigenvalue weighted by Crippen LogP contribution is -2.28. The molecule has 4 nitrogen and oxygen atoms in total. The Balaban J connectivity index is 3.58. The van der Waals surface area contributed by atoms with E-state index in [1.807, 2.05) is 0 Å². The molecule has 1 atom stereocenters. The van der Waals surface area contributed by atoms with E-state index in [9.17, 15) is 9.59 Å². The third-order valence-electron chi connectivity index (χ3n) is 8.06. The van der Waals surface area contributed by atoms with Crippen LogP contribution in [0.15, 0.2) is 0 Å². The van der Waals surface area contributed by atoms with Crippen LogP contribution in [0.3, 0.4) is 0 Å². The highest BCUT2D eigenvalue weighted by atomic mass is 16.6. The molecule has 0 saturated heterocycles. The zero-order chi connectivity index (χ0) is 29.5. The van der Waals surface area contributed by atoms with E-state index in [2.05, 4.69) is 20.8 Å². The van der Waals surface area contributed by atoms with Gasteiger partial charge < -0.3 is 9.47 Å². The van der Waals surface area contributed by atoms with Crippen molar-refractivity contribution in [3.63, 3.8) is 0 Å². The highest BCUT2D eigenvalue weighted by Crippen LogP contribution is 2.16. The first-order valence-corrected chi connectivity index (χ1v) is 17.8. The minimum Gasteiger partial charge on any atom is -0.463 e. The summed E-state index contributed by atoms with van der Waals surface area (Å²) in [6.07, 6.45) is 33.6. The zero-order valence-electron chi connectivity index (χ0n) is 27.6. The molecular weight excluding hydrogens is 496 g/mol. The van der Waals surface area contributed by atoms with E-state index in [0.29, 0.717) is 13.0 Å². The molecule has 0 heterocycles. The smallest absolute Gasteiger partial charge is 0.347 e. The van der Waals surface area contributed by atoms with Crippen molar-refractivity contribution >= 4 is 11.9 Å². The van der Waals surface area contributed by atoms with Crippen molar-refractivity contribution in [1.82, 2.24) is 0 Å². The summed E-state index contributed by atoms with van der Waals surface area (Å²) in [5.74, 6) is 0.0975. The van der Waals surface area contributed by atoms with Crippen LogP contribution in [-0.2, 0) is 19.1 Å². The molecule has 0 aromatic rings. The minimum atomic E-state index is -0.735. The molecule has 40 heavy (non-hydrogen) atoms. The number of unbranched alkanes of at least 4 members (excludes halogenated alkanes) is 23. The summed E-state index contributed by atoms with van der Waals surface area (Å²) in [4.78, 5) is 23.9. The van der Waals surface area contributed by atoms with Gasteiger partial charge in [0.1, 0.15) is 0 Å². The fraction of sp³-hybridized carbons (Fsp3) is 0.944. The summed E-state index contributed by atoms with van der Waals surface area (Å²) in [5, 5.41) is 0. The fourth-order valence-corrected chi connectivity index (χ4v) is 5.46. The zero-order valence-corrected chi connectivity index (χ0v) is 27.6. The molecule has 0 fully saturated rings. The van der Waals surface area contributed by atoms with Gasteiger partial charge in [-0.15, -0.1) is 0 Å². The molecule has 0 rings (SSSR count). The van der Waals surface area contributed by atoms with Crippen molar-refractivity contribution in [3.05, 3.63) is 0 Å². The second-order valence-corrected chi connectivity index (χ2v) is 12.7. The van der Waals surface area contributed by atoms with Gasteiger partial charge in [0.25, 0.3) is 0 Å². The van der Waals surface area contributed by atoms with E-state index in [-0.39, 0.29) is 5.97 Å². The van der Waals surface area contributed by atoms with Gasteiger partial charge in [-0.3, -0.25) is 4.79 Å². The Hall–Kier alpha value is -1.06. The fourth-order valence-electron chi connectivity index (χ4n) is 5.46. The van der Waals surface area contributed by atoms with Gasteiger partial charge in [0.2, 0.25) is 0 Å². The molecule has 4 heteroatoms. The lowest BCUT2D eigenvalue weighted by atomic mass is 10.0. The summed E-state index contributed by atoms with van der Waals surface area (Å²) >= 11 is 0. The van der Waals surface area contributed by atoms with Crippen LogP contribution < -0.4 is 0 Å². The summed E-state index contributed by atoms with van der Waals surface area (Å²) in [7, 11) is 0. The van der Waals surface area contributed by atoms with Crippen molar-refractivity contribution in [3.8, 4) is 0 Å². The number of carbonyl (C=O) groups is 2. The number of hydrogen-bond acceptors (Lipinski definition) is 4. The Morgan fingerprint density at radius 1 is 0.500 bits per heavy atom. The average molecular weight is 567 g/mol. The van der Waals surface area contributed by atoms with Crippen molar-refractivity contribution in [2.24, 2.45) is 5.92 Å². The molecule has 0 aliphatic carbocycles. The maximum atomic E-state index is 12.5. The largest absolute Gasteiger partial charge is 0.463 e. The highest BCUT2D eigenvalue weighted by Gasteiger charge is 2.22. The molecule has 0 radical (unpaired) electrons. The molecule has 0 aliphatic rings. The molecule has 0 aromatic carbocycles. The molecule has 0 bridgehead atoms. The van der Waals surface area contributed by atoms with Crippen molar-refractivity contribution in [1.29, 1.82) is 0 Å². The van der Waals surface area contributed by atoms with E-state index in [1.54, 1.807) is 0 Å². The summed E-state index contributed by atoms with van der Waals surface area (Å²) in [6, 6.07) is 0. The standard InChI is InChI=1S/C36H70O4/c1-5-6-7-8-9-10-19-22-25-28-31-35(40-34(4)37)36(38)39-32-29-26-23-20-17-15-13-11-12-14-16-18-21-24-27-30-33(2)3/h33,35H,5-32H2,1-4H3. The van der Waals surface area contributed by atoms with Gasteiger partial charge >= 0.3 is 11.9 Å². The Kier molecular flexibility index (Phi) is 30.1. The Morgan fingerprint density at radius 3 is 1.23 bits per heavy atom. The minimum absolute atomic E-state index is 0.364. The van der Waals surface area contributed by atoms with Crippen molar-refractivity contribution in [2.75, 3.05) is 6.61 Å². The first-order valence-electron chi connectivity index (χ1n) is 17.8. The van der Waals surface area contributed by atoms with Gasteiger partial charge in [-0.2, -0.15) is 0 Å². The van der Waals surface area contributed by atoms with Crippen LogP contribution in [0, 0.1) is 5.92 Å². The number of hydrogen-bond donors (Lipinski definition) is 0. The van der Waals surface area contributed by atoms with Gasteiger partial charge in [0, 0.05) is 6.92 Å². The van der Waals surface area contributed by atoms with Crippen LogP contribution >= 0.6 is 0 Å². The molecule has 0 amide bonds. The molecule has 0 spiro atoms. The predicted molar refractivity (Wildman–Crippen MR) is 172 cm³/mol. The van der Waals surface area contributed by atoms with Gasteiger partial charge in [0.05, 0.1) is 6.61 Å². The SMILES string of the molecule is CCCCCCCCCCCCC(OC(C)=O)C(=O)OCCCCCCCCCCCCCCCCCC(C)C. The van der Waals surface area contributed by atoms with Crippen molar-refractivity contribution in [2.45, 2.75) is 207 Å². The molecular formula is C36H70O4. The first kappa shape index (κ1) is 38.9. The monoisotopic (exact) mass is 567 g/mol. The number of esters is 2. The maximum absolute atomic E-state index is 12.5. The van der Waals surface area contributed by atoms with Gasteiger partial charge in [-0.1, -0.05) is 175 Å². The van der Waals surface area contributed by atoms with Crippen molar-refractivity contribution < 1.29 is 19.1 Å². The third-order valence-corrected chi connectivity index (χ3v) is 8.06. The molecule has 0 N–H and O–H groups in total. The Morgan fingerprint density at radius 2 is 0.850 bits per heavy atom. The van der Waals surface area contributed by atoms with E-state index in [0.717, 1.165) is 31.6 Å². The Bertz CT molecular complexity index is 545. The van der Waals surface area contributed by atoms with Crippen LogP contribution in [0.25, 0.3) is 0 Å². The van der Waals surface area contributed by atoms with Crippen LogP contribution in [0.5, 0.6) is 0 Å². The molecule has 1 unspecified atom stereocenters. The van der Waals surface area contributed by atoms with E-state index >= 15 is 0 Å². The van der Waals surface area contributed by atoms with Gasteiger partial charge in [-0.25, -0.2) is 4.79 Å². The van der Waals surface area contributed by atoms with E-state index in [4.69, 9.17) is 9.47 Å². The lowest BCUT2D eigenvalue weighted by molar-refractivity contribution is -0.167. The molecule has 0 saturated carbocycles. The van der Waals surface area contributed by atoms with Crippen LogP contribution in [0.2, 0.25) is 0 Å². The topological polar surface area (TPSA) is 52.6 Å². The van der Waals surface area contributed by atoms with Crippen LogP contribution in [0.1, 0.15) is 201 Å². The Labute approximate surface area is 250 Å². The molecule has 0 aromatic heterocycles. The van der Waals surface area contributed by atoms with Crippen LogP contribution in [-0.4, -0.2) is 24.6 Å². The maximum Gasteiger partial charge on any atom is 0.347 e.